The smallest absolute Gasteiger partial charge is 0.316 e. The number of fused-ring (bicyclic) bond motifs is 2. The predicted octanol–water partition coefficient (Wildman–Crippen LogP) is 1.74. The first-order chi connectivity index (χ1) is 7.80. The van der Waals surface area contributed by atoms with Crippen molar-refractivity contribution in [3.05, 3.63) is 0 Å². The van der Waals surface area contributed by atoms with Gasteiger partial charge in [-0.2, -0.15) is 0 Å². The molecule has 1 aliphatic heterocycles. The lowest BCUT2D eigenvalue weighted by molar-refractivity contribution is -0.157. The lowest BCUT2D eigenvalue weighted by Crippen LogP contribution is -2.48. The average molecular weight is 239 g/mol. The van der Waals surface area contributed by atoms with Crippen LogP contribution in [0.25, 0.3) is 0 Å². The van der Waals surface area contributed by atoms with Crippen LogP contribution >= 0.6 is 0 Å². The fraction of sp³-hybridized carbons (Fsp3) is 0.846. The minimum Gasteiger partial charge on any atom is -0.481 e. The van der Waals surface area contributed by atoms with Gasteiger partial charge < -0.3 is 10.0 Å². The van der Waals surface area contributed by atoms with Crippen LogP contribution in [0.2, 0.25) is 0 Å². The van der Waals surface area contributed by atoms with Crippen LogP contribution in [-0.2, 0) is 9.59 Å². The van der Waals surface area contributed by atoms with Gasteiger partial charge in [-0.3, -0.25) is 9.59 Å². The van der Waals surface area contributed by atoms with E-state index in [1.807, 2.05) is 25.7 Å². The Labute approximate surface area is 102 Å². The number of carbonyl (C=O) groups excluding carboxylic acids is 1. The van der Waals surface area contributed by atoms with Crippen molar-refractivity contribution in [1.82, 2.24) is 4.90 Å². The number of hydrogen-bond acceptors (Lipinski definition) is 2. The van der Waals surface area contributed by atoms with E-state index in [9.17, 15) is 14.7 Å². The topological polar surface area (TPSA) is 57.6 Å². The van der Waals surface area contributed by atoms with Gasteiger partial charge in [0, 0.05) is 12.6 Å². The third kappa shape index (κ3) is 2.17. The van der Waals surface area contributed by atoms with Gasteiger partial charge in [-0.25, -0.2) is 0 Å². The molecule has 0 aromatic rings. The highest BCUT2D eigenvalue weighted by atomic mass is 16.4. The minimum atomic E-state index is -0.995. The first-order valence-corrected chi connectivity index (χ1v) is 6.34. The molecule has 0 aromatic carbocycles. The summed E-state index contributed by atoms with van der Waals surface area (Å²) in [5.41, 5.74) is -0.523. The highest BCUT2D eigenvalue weighted by molar-refractivity contribution is 5.98. The predicted molar refractivity (Wildman–Crippen MR) is 63.4 cm³/mol. The van der Waals surface area contributed by atoms with Crippen molar-refractivity contribution in [2.75, 3.05) is 6.54 Å². The van der Waals surface area contributed by atoms with E-state index in [4.69, 9.17) is 0 Å². The molecule has 1 amide bonds. The number of aliphatic carboxylic acids is 1. The number of nitrogens with zero attached hydrogens (tertiary/aromatic N) is 1. The molecule has 1 saturated heterocycles. The number of rotatable bonds is 2. The zero-order valence-electron chi connectivity index (χ0n) is 10.8. The van der Waals surface area contributed by atoms with Crippen LogP contribution in [0.4, 0.5) is 0 Å². The normalized spacial score (nSPS) is 29.5. The third-order valence-electron chi connectivity index (χ3n) is 4.05. The standard InChI is InChI=1S/C13H21NO3/c1-13(2,3)10(12(16)17)11(15)14-7-8-4-5-9(14)6-8/h8-10H,4-7H2,1-3H3,(H,16,17). The van der Waals surface area contributed by atoms with E-state index < -0.39 is 17.3 Å². The molecule has 0 radical (unpaired) electrons. The van der Waals surface area contributed by atoms with Gasteiger partial charge in [0.25, 0.3) is 0 Å². The highest BCUT2D eigenvalue weighted by Gasteiger charge is 2.47. The summed E-state index contributed by atoms with van der Waals surface area (Å²) in [5, 5.41) is 9.26. The molecule has 2 rings (SSSR count). The molecule has 2 bridgehead atoms. The number of likely N-dealkylation sites (tertiary alicyclic amines) is 1. The highest BCUT2D eigenvalue weighted by Crippen LogP contribution is 2.39. The molecule has 2 fully saturated rings. The number of carbonyl (C=O) groups is 2. The van der Waals surface area contributed by atoms with Gasteiger partial charge in [0.2, 0.25) is 5.91 Å². The summed E-state index contributed by atoms with van der Waals surface area (Å²) >= 11 is 0. The Balaban J connectivity index is 2.15. The molecular weight excluding hydrogens is 218 g/mol. The minimum absolute atomic E-state index is 0.183. The van der Waals surface area contributed by atoms with Crippen LogP contribution in [0, 0.1) is 17.3 Å². The number of piperidine rings is 1. The van der Waals surface area contributed by atoms with E-state index in [0.717, 1.165) is 19.4 Å². The van der Waals surface area contributed by atoms with Gasteiger partial charge in [0.15, 0.2) is 0 Å². The van der Waals surface area contributed by atoms with Gasteiger partial charge in [0.05, 0.1) is 0 Å². The zero-order valence-corrected chi connectivity index (χ0v) is 10.8. The summed E-state index contributed by atoms with van der Waals surface area (Å²) in [6.45, 7) is 6.22. The Morgan fingerprint density at radius 2 is 1.94 bits per heavy atom. The van der Waals surface area contributed by atoms with Gasteiger partial charge in [-0.1, -0.05) is 20.8 Å². The molecule has 0 spiro atoms. The Morgan fingerprint density at radius 3 is 2.29 bits per heavy atom. The number of amides is 1. The quantitative estimate of drug-likeness (QED) is 0.747. The third-order valence-corrected chi connectivity index (χ3v) is 4.05. The van der Waals surface area contributed by atoms with E-state index in [-0.39, 0.29) is 5.91 Å². The van der Waals surface area contributed by atoms with Crippen LogP contribution in [0.1, 0.15) is 40.0 Å². The van der Waals surface area contributed by atoms with Gasteiger partial charge in [-0.15, -0.1) is 0 Å². The Bertz CT molecular complexity index is 345. The van der Waals surface area contributed by atoms with E-state index >= 15 is 0 Å². The molecule has 1 N–H and O–H groups in total. The fourth-order valence-corrected chi connectivity index (χ4v) is 3.21. The van der Waals surface area contributed by atoms with Crippen LogP contribution in [0.15, 0.2) is 0 Å². The molecule has 3 atom stereocenters. The largest absolute Gasteiger partial charge is 0.481 e. The Morgan fingerprint density at radius 1 is 1.29 bits per heavy atom. The van der Waals surface area contributed by atoms with Gasteiger partial charge >= 0.3 is 5.97 Å². The first-order valence-electron chi connectivity index (χ1n) is 6.34. The van der Waals surface area contributed by atoms with Gasteiger partial charge in [0.1, 0.15) is 5.92 Å². The van der Waals surface area contributed by atoms with Crippen LogP contribution in [0.5, 0.6) is 0 Å². The molecule has 3 unspecified atom stereocenters. The molecule has 4 nitrogen and oxygen atoms in total. The van der Waals surface area contributed by atoms with Crippen molar-refractivity contribution in [3.63, 3.8) is 0 Å². The molecule has 1 heterocycles. The van der Waals surface area contributed by atoms with Gasteiger partial charge in [-0.05, 0) is 30.6 Å². The second-order valence-electron chi connectivity index (χ2n) is 6.46. The maximum Gasteiger partial charge on any atom is 0.316 e. The summed E-state index contributed by atoms with van der Waals surface area (Å²) < 4.78 is 0. The van der Waals surface area contributed by atoms with Crippen LogP contribution < -0.4 is 0 Å². The molecule has 4 heteroatoms. The lowest BCUT2D eigenvalue weighted by Gasteiger charge is -2.34. The molecule has 2 aliphatic rings. The zero-order chi connectivity index (χ0) is 12.8. The molecule has 1 saturated carbocycles. The molecule has 96 valence electrons. The Kier molecular flexibility index (Phi) is 2.92. The van der Waals surface area contributed by atoms with Crippen molar-refractivity contribution in [3.8, 4) is 0 Å². The monoisotopic (exact) mass is 239 g/mol. The summed E-state index contributed by atoms with van der Waals surface area (Å²) in [6.07, 6.45) is 3.32. The number of carboxylic acids is 1. The Hall–Kier alpha value is -1.06. The maximum absolute atomic E-state index is 12.4. The van der Waals surface area contributed by atoms with Crippen LogP contribution in [0.3, 0.4) is 0 Å². The molecular formula is C13H21NO3. The molecule has 17 heavy (non-hydrogen) atoms. The van der Waals surface area contributed by atoms with E-state index in [1.165, 1.54) is 6.42 Å². The SMILES string of the molecule is CC(C)(C)C(C(=O)O)C(=O)N1CC2CCC1C2. The fourth-order valence-electron chi connectivity index (χ4n) is 3.21. The van der Waals surface area contributed by atoms with Crippen molar-refractivity contribution >= 4 is 11.9 Å². The average Bonchev–Trinajstić information content (AvgIpc) is 2.74. The van der Waals surface area contributed by atoms with Crippen molar-refractivity contribution in [2.45, 2.75) is 46.1 Å². The maximum atomic E-state index is 12.4. The second kappa shape index (κ2) is 4.00. The summed E-state index contributed by atoms with van der Waals surface area (Å²) in [5.74, 6) is -1.48. The van der Waals surface area contributed by atoms with E-state index in [0.29, 0.717) is 12.0 Å². The lowest BCUT2D eigenvalue weighted by atomic mass is 9.79. The van der Waals surface area contributed by atoms with Crippen molar-refractivity contribution in [2.24, 2.45) is 17.3 Å². The number of hydrogen-bond donors (Lipinski definition) is 1. The number of carboxylic acid groups (broad SMARTS) is 1. The van der Waals surface area contributed by atoms with E-state index in [1.54, 1.807) is 0 Å². The van der Waals surface area contributed by atoms with E-state index in [2.05, 4.69) is 0 Å². The molecule has 1 aliphatic carbocycles. The van der Waals surface area contributed by atoms with Crippen LogP contribution in [-0.4, -0.2) is 34.5 Å². The first kappa shape index (κ1) is 12.4. The second-order valence-corrected chi connectivity index (χ2v) is 6.46. The summed E-state index contributed by atoms with van der Waals surface area (Å²) in [4.78, 5) is 25.5. The van der Waals surface area contributed by atoms with Crippen molar-refractivity contribution < 1.29 is 14.7 Å². The summed E-state index contributed by atoms with van der Waals surface area (Å²) in [6, 6.07) is 0.302. The summed E-state index contributed by atoms with van der Waals surface area (Å²) in [7, 11) is 0. The van der Waals surface area contributed by atoms with Crippen molar-refractivity contribution in [1.29, 1.82) is 0 Å². The molecule has 0 aromatic heterocycles.